The second kappa shape index (κ2) is 6.20. The van der Waals surface area contributed by atoms with E-state index in [0.29, 0.717) is 0 Å². The Kier molecular flexibility index (Phi) is 4.35. The highest BCUT2D eigenvalue weighted by Gasteiger charge is 2.77. The number of aliphatic hydroxyl groups is 1. The smallest absolute Gasteiger partial charge is 0.335 e. The van der Waals surface area contributed by atoms with E-state index in [1.165, 1.54) is 12.1 Å². The number of methoxy groups -OCH3 is 2. The Morgan fingerprint density at radius 3 is 1.96 bits per heavy atom. The topological polar surface area (TPSA) is 124 Å². The van der Waals surface area contributed by atoms with Crippen molar-refractivity contribution in [3.8, 4) is 0 Å². The van der Waals surface area contributed by atoms with Gasteiger partial charge in [0.15, 0.2) is 5.60 Å². The van der Waals surface area contributed by atoms with E-state index in [1.54, 1.807) is 12.1 Å². The molecule has 0 fully saturated rings. The van der Waals surface area contributed by atoms with E-state index in [-0.39, 0.29) is 16.7 Å². The number of hydrogen-bond acceptors (Lipinski definition) is 8. The van der Waals surface area contributed by atoms with Gasteiger partial charge in [-0.25, -0.2) is 4.79 Å². The van der Waals surface area contributed by atoms with Gasteiger partial charge >= 0.3 is 11.9 Å². The molecule has 0 amide bonds. The number of Topliss-reactive ketones (excluding diaryl/α,β-unsaturated/α-hetero) is 3. The molecular weight excluding hydrogens is 368 g/mol. The van der Waals surface area contributed by atoms with E-state index in [4.69, 9.17) is 9.47 Å². The molecule has 2 atom stereocenters. The summed E-state index contributed by atoms with van der Waals surface area (Å²) in [5.74, 6) is -6.77. The van der Waals surface area contributed by atoms with Crippen molar-refractivity contribution in [2.24, 2.45) is 11.3 Å². The molecule has 0 aromatic heterocycles. The molecule has 0 heterocycles. The van der Waals surface area contributed by atoms with Crippen LogP contribution in [0.5, 0.6) is 0 Å². The molecule has 1 aromatic rings. The predicted molar refractivity (Wildman–Crippen MR) is 94.0 cm³/mol. The predicted octanol–water partition coefficient (Wildman–Crippen LogP) is 0.508. The molecule has 2 aliphatic carbocycles. The SMILES string of the molecule is COC(=O)C1=C2c3ccccc3C(=O)[C@@]2(O)C(C(C)=O)(C(C)=O)[C@H]1C(=O)OC. The number of benzene rings is 1. The van der Waals surface area contributed by atoms with Gasteiger partial charge in [0.1, 0.15) is 22.9 Å². The maximum absolute atomic E-state index is 13.2. The molecule has 0 bridgehead atoms. The van der Waals surface area contributed by atoms with Crippen molar-refractivity contribution in [2.75, 3.05) is 14.2 Å². The van der Waals surface area contributed by atoms with Crippen LogP contribution in [0, 0.1) is 11.3 Å². The molecule has 1 aromatic carbocycles. The zero-order chi connectivity index (χ0) is 21.0. The molecule has 0 radical (unpaired) electrons. The number of ketones is 3. The van der Waals surface area contributed by atoms with Gasteiger partial charge in [-0.1, -0.05) is 24.3 Å². The molecule has 3 rings (SSSR count). The largest absolute Gasteiger partial charge is 0.469 e. The van der Waals surface area contributed by atoms with Gasteiger partial charge in [-0.3, -0.25) is 19.2 Å². The number of ether oxygens (including phenoxy) is 2. The Morgan fingerprint density at radius 2 is 1.50 bits per heavy atom. The lowest BCUT2D eigenvalue weighted by Gasteiger charge is -2.39. The van der Waals surface area contributed by atoms with Crippen LogP contribution in [0.1, 0.15) is 29.8 Å². The van der Waals surface area contributed by atoms with E-state index >= 15 is 0 Å². The molecule has 28 heavy (non-hydrogen) atoms. The van der Waals surface area contributed by atoms with E-state index in [0.717, 1.165) is 28.1 Å². The van der Waals surface area contributed by atoms with Crippen molar-refractivity contribution in [3.63, 3.8) is 0 Å². The van der Waals surface area contributed by atoms with Crippen LogP contribution in [0.2, 0.25) is 0 Å². The van der Waals surface area contributed by atoms with Crippen molar-refractivity contribution in [3.05, 3.63) is 41.0 Å². The summed E-state index contributed by atoms with van der Waals surface area (Å²) < 4.78 is 9.51. The normalized spacial score (nSPS) is 24.5. The Labute approximate surface area is 160 Å². The molecule has 0 spiro atoms. The van der Waals surface area contributed by atoms with Gasteiger partial charge in [0.2, 0.25) is 5.78 Å². The highest BCUT2D eigenvalue weighted by atomic mass is 16.5. The summed E-state index contributed by atoms with van der Waals surface area (Å²) in [6.45, 7) is 1.98. The summed E-state index contributed by atoms with van der Waals surface area (Å²) in [5.41, 5.74) is -5.77. The first-order valence-corrected chi connectivity index (χ1v) is 8.41. The minimum atomic E-state index is -2.73. The zero-order valence-electron chi connectivity index (χ0n) is 15.7. The zero-order valence-corrected chi connectivity index (χ0v) is 15.7. The standard InChI is InChI=1S/C20H18O8/c1-9(21)19(10(2)22)15(18(25)28-4)13(17(24)27-3)14-11-7-5-6-8-12(11)16(23)20(14,19)26/h5-8,15,26H,1-4H3/t15-,20-/m1/s1. The van der Waals surface area contributed by atoms with Crippen LogP contribution < -0.4 is 0 Å². The van der Waals surface area contributed by atoms with Crippen LogP contribution in [0.15, 0.2) is 29.8 Å². The molecule has 0 saturated heterocycles. The minimum Gasteiger partial charge on any atom is -0.469 e. The number of carbonyl (C=O) groups excluding carboxylic acids is 5. The Balaban J connectivity index is 2.57. The Bertz CT molecular complexity index is 972. The number of fused-ring (bicyclic) bond motifs is 3. The van der Waals surface area contributed by atoms with Gasteiger partial charge in [0.25, 0.3) is 0 Å². The first-order chi connectivity index (χ1) is 13.1. The van der Waals surface area contributed by atoms with Gasteiger partial charge in [-0.2, -0.15) is 0 Å². The number of esters is 2. The van der Waals surface area contributed by atoms with Crippen molar-refractivity contribution >= 4 is 34.9 Å². The molecule has 146 valence electrons. The van der Waals surface area contributed by atoms with Gasteiger partial charge < -0.3 is 14.6 Å². The summed E-state index contributed by atoms with van der Waals surface area (Å²) in [7, 11) is 2.06. The highest BCUT2D eigenvalue weighted by Crippen LogP contribution is 2.63. The minimum absolute atomic E-state index is 0.0385. The van der Waals surface area contributed by atoms with Gasteiger partial charge in [-0.15, -0.1) is 0 Å². The number of carbonyl (C=O) groups is 5. The van der Waals surface area contributed by atoms with Crippen LogP contribution >= 0.6 is 0 Å². The van der Waals surface area contributed by atoms with E-state index in [2.05, 4.69) is 0 Å². The fraction of sp³-hybridized carbons (Fsp3) is 0.350. The van der Waals surface area contributed by atoms with Crippen LogP contribution in [-0.2, 0) is 28.7 Å². The maximum Gasteiger partial charge on any atom is 0.335 e. The van der Waals surface area contributed by atoms with Crippen molar-refractivity contribution in [1.82, 2.24) is 0 Å². The third kappa shape index (κ3) is 1.95. The molecule has 8 nitrogen and oxygen atoms in total. The molecule has 2 aliphatic rings. The van der Waals surface area contributed by atoms with Crippen LogP contribution in [0.3, 0.4) is 0 Å². The van der Waals surface area contributed by atoms with E-state index in [1.807, 2.05) is 0 Å². The monoisotopic (exact) mass is 386 g/mol. The van der Waals surface area contributed by atoms with Crippen molar-refractivity contribution < 1.29 is 38.6 Å². The molecule has 1 N–H and O–H groups in total. The summed E-state index contributed by atoms with van der Waals surface area (Å²) in [4.78, 5) is 64.2. The summed E-state index contributed by atoms with van der Waals surface area (Å²) in [6.07, 6.45) is 0. The highest BCUT2D eigenvalue weighted by molar-refractivity contribution is 6.33. The lowest BCUT2D eigenvalue weighted by atomic mass is 9.61. The van der Waals surface area contributed by atoms with Crippen molar-refractivity contribution in [2.45, 2.75) is 19.4 Å². The van der Waals surface area contributed by atoms with Crippen LogP contribution in [-0.4, -0.2) is 54.2 Å². The fourth-order valence-corrected chi connectivity index (χ4v) is 4.59. The van der Waals surface area contributed by atoms with Gasteiger partial charge in [-0.05, 0) is 19.4 Å². The Morgan fingerprint density at radius 1 is 0.964 bits per heavy atom. The molecule has 0 aliphatic heterocycles. The fourth-order valence-electron chi connectivity index (χ4n) is 4.59. The molecule has 0 unspecified atom stereocenters. The van der Waals surface area contributed by atoms with Gasteiger partial charge in [0.05, 0.1) is 19.8 Å². The molecular formula is C20H18O8. The Hall–Kier alpha value is -3.13. The van der Waals surface area contributed by atoms with E-state index < -0.39 is 51.8 Å². The summed E-state index contributed by atoms with van der Waals surface area (Å²) >= 11 is 0. The quantitative estimate of drug-likeness (QED) is 0.586. The second-order valence-electron chi connectivity index (χ2n) is 6.74. The molecule has 8 heteroatoms. The summed E-state index contributed by atoms with van der Waals surface area (Å²) in [6, 6.07) is 5.98. The molecule has 0 saturated carbocycles. The van der Waals surface area contributed by atoms with Crippen LogP contribution in [0.25, 0.3) is 5.57 Å². The number of hydrogen-bond donors (Lipinski definition) is 1. The average Bonchev–Trinajstić information content (AvgIpc) is 3.05. The first-order valence-electron chi connectivity index (χ1n) is 8.41. The number of rotatable bonds is 4. The maximum atomic E-state index is 13.2. The first kappa shape index (κ1) is 19.6. The van der Waals surface area contributed by atoms with Crippen LogP contribution in [0.4, 0.5) is 0 Å². The second-order valence-corrected chi connectivity index (χ2v) is 6.74. The third-order valence-corrected chi connectivity index (χ3v) is 5.65. The van der Waals surface area contributed by atoms with Crippen molar-refractivity contribution in [1.29, 1.82) is 0 Å². The average molecular weight is 386 g/mol. The third-order valence-electron chi connectivity index (χ3n) is 5.65. The van der Waals surface area contributed by atoms with E-state index in [9.17, 15) is 29.1 Å². The van der Waals surface area contributed by atoms with Gasteiger partial charge in [0, 0.05) is 11.1 Å². The lowest BCUT2D eigenvalue weighted by molar-refractivity contribution is -0.165. The lowest BCUT2D eigenvalue weighted by Crippen LogP contribution is -2.62. The summed E-state index contributed by atoms with van der Waals surface area (Å²) in [5, 5.41) is 11.6.